The number of hydrogen-bond acceptors (Lipinski definition) is 3. The van der Waals surface area contributed by atoms with E-state index in [1.165, 1.54) is 11.3 Å². The van der Waals surface area contributed by atoms with Gasteiger partial charge in [-0.05, 0) is 6.92 Å². The van der Waals surface area contributed by atoms with Crippen LogP contribution in [0.4, 0.5) is 5.13 Å². The van der Waals surface area contributed by atoms with Gasteiger partial charge in [-0.1, -0.05) is 22.6 Å². The van der Waals surface area contributed by atoms with Gasteiger partial charge in [-0.25, -0.2) is 4.98 Å². The van der Waals surface area contributed by atoms with Gasteiger partial charge >= 0.3 is 0 Å². The third-order valence-electron chi connectivity index (χ3n) is 0.987. The predicted octanol–water partition coefficient (Wildman–Crippen LogP) is 1.83. The van der Waals surface area contributed by atoms with Crippen LogP contribution in [0, 0.1) is 6.92 Å². The van der Waals surface area contributed by atoms with Crippen LogP contribution in [0.2, 0.25) is 0 Å². The summed E-state index contributed by atoms with van der Waals surface area (Å²) in [4.78, 5) is 14.9. The maximum atomic E-state index is 10.8. The Balaban J connectivity index is 2.57. The Labute approximate surface area is 82.4 Å². The fourth-order valence-corrected chi connectivity index (χ4v) is 1.46. The molecule has 1 aromatic heterocycles. The molecule has 0 aliphatic rings. The molecule has 1 N–H and O–H groups in total. The van der Waals surface area contributed by atoms with Crippen LogP contribution in [0.1, 0.15) is 5.69 Å². The van der Waals surface area contributed by atoms with E-state index < -0.39 is 0 Å². The molecule has 0 saturated heterocycles. The van der Waals surface area contributed by atoms with Gasteiger partial charge < -0.3 is 5.32 Å². The highest BCUT2D eigenvalue weighted by molar-refractivity contribution is 14.1. The van der Waals surface area contributed by atoms with Crippen molar-refractivity contribution in [3.8, 4) is 0 Å². The summed E-state index contributed by atoms with van der Waals surface area (Å²) in [7, 11) is 0. The van der Waals surface area contributed by atoms with Gasteiger partial charge in [0.2, 0.25) is 5.91 Å². The van der Waals surface area contributed by atoms with Crippen LogP contribution in [0.3, 0.4) is 0 Å². The number of thiazole rings is 1. The molecule has 0 aliphatic carbocycles. The number of aryl methyl sites for hydroxylation is 1. The first-order valence-electron chi connectivity index (χ1n) is 3.00. The van der Waals surface area contributed by atoms with E-state index >= 15 is 0 Å². The third-order valence-corrected chi connectivity index (χ3v) is 2.56. The van der Waals surface area contributed by atoms with E-state index in [1.54, 1.807) is 0 Å². The summed E-state index contributed by atoms with van der Waals surface area (Å²) in [6.07, 6.45) is 0. The normalized spacial score (nSPS) is 9.64. The molecule has 0 fully saturated rings. The first-order chi connectivity index (χ1) is 5.22. The molecule has 0 bridgehead atoms. The molecular weight excluding hydrogens is 275 g/mol. The molecule has 0 radical (unpaired) electrons. The van der Waals surface area contributed by atoms with Crippen molar-refractivity contribution in [2.75, 3.05) is 9.74 Å². The molecule has 60 valence electrons. The molecule has 0 unspecified atom stereocenters. The van der Waals surface area contributed by atoms with E-state index in [-0.39, 0.29) is 5.91 Å². The molecular formula is C6H7IN2OS. The van der Waals surface area contributed by atoms with Gasteiger partial charge in [0, 0.05) is 5.38 Å². The molecule has 5 heteroatoms. The van der Waals surface area contributed by atoms with Crippen LogP contribution >= 0.6 is 33.9 Å². The summed E-state index contributed by atoms with van der Waals surface area (Å²) in [5.41, 5.74) is 0.943. The molecule has 0 aromatic carbocycles. The van der Waals surface area contributed by atoms with Gasteiger partial charge in [0.25, 0.3) is 0 Å². The largest absolute Gasteiger partial charge is 0.301 e. The SMILES string of the molecule is Cc1csc(NC(=O)CI)n1. The Hall–Kier alpha value is -0.170. The zero-order valence-electron chi connectivity index (χ0n) is 5.93. The lowest BCUT2D eigenvalue weighted by atomic mass is 10.6. The summed E-state index contributed by atoms with van der Waals surface area (Å²) >= 11 is 3.46. The summed E-state index contributed by atoms with van der Waals surface area (Å²) in [6, 6.07) is 0. The van der Waals surface area contributed by atoms with Crippen LogP contribution < -0.4 is 5.32 Å². The zero-order chi connectivity index (χ0) is 8.27. The smallest absolute Gasteiger partial charge is 0.235 e. The van der Waals surface area contributed by atoms with Crippen molar-refractivity contribution < 1.29 is 4.79 Å². The standard InChI is InChI=1S/C6H7IN2OS/c1-4-3-11-6(8-4)9-5(10)2-7/h3H,2H2,1H3,(H,8,9,10). The summed E-state index contributed by atoms with van der Waals surface area (Å²) in [5, 5.41) is 5.26. The first-order valence-corrected chi connectivity index (χ1v) is 5.41. The lowest BCUT2D eigenvalue weighted by Crippen LogP contribution is -2.11. The Bertz CT molecular complexity index is 261. The van der Waals surface area contributed by atoms with Crippen molar-refractivity contribution in [3.63, 3.8) is 0 Å². The van der Waals surface area contributed by atoms with Crippen LogP contribution in [-0.2, 0) is 4.79 Å². The van der Waals surface area contributed by atoms with E-state index in [0.29, 0.717) is 9.56 Å². The minimum Gasteiger partial charge on any atom is -0.301 e. The molecule has 0 atom stereocenters. The van der Waals surface area contributed by atoms with Crippen LogP contribution in [-0.4, -0.2) is 15.3 Å². The maximum absolute atomic E-state index is 10.8. The molecule has 1 amide bonds. The predicted molar refractivity (Wildman–Crippen MR) is 54.4 cm³/mol. The van der Waals surface area contributed by atoms with E-state index in [4.69, 9.17) is 0 Å². The zero-order valence-corrected chi connectivity index (χ0v) is 8.90. The van der Waals surface area contributed by atoms with Crippen LogP contribution in [0.5, 0.6) is 0 Å². The monoisotopic (exact) mass is 282 g/mol. The van der Waals surface area contributed by atoms with Gasteiger partial charge in [0.05, 0.1) is 10.1 Å². The molecule has 3 nitrogen and oxygen atoms in total. The van der Waals surface area contributed by atoms with Crippen molar-refractivity contribution in [1.29, 1.82) is 0 Å². The number of amides is 1. The fraction of sp³-hybridized carbons (Fsp3) is 0.333. The average molecular weight is 282 g/mol. The van der Waals surface area contributed by atoms with Gasteiger partial charge in [0.1, 0.15) is 0 Å². The number of rotatable bonds is 2. The molecule has 1 rings (SSSR count). The highest BCUT2D eigenvalue weighted by atomic mass is 127. The Morgan fingerprint density at radius 1 is 1.91 bits per heavy atom. The molecule has 0 spiro atoms. The Morgan fingerprint density at radius 3 is 3.09 bits per heavy atom. The van der Waals surface area contributed by atoms with E-state index in [2.05, 4.69) is 10.3 Å². The number of carbonyl (C=O) groups is 1. The highest BCUT2D eigenvalue weighted by Gasteiger charge is 2.01. The number of halogens is 1. The van der Waals surface area contributed by atoms with Crippen molar-refractivity contribution in [2.24, 2.45) is 0 Å². The second-order valence-electron chi connectivity index (χ2n) is 1.98. The van der Waals surface area contributed by atoms with Gasteiger partial charge in [-0.3, -0.25) is 4.79 Å². The second-order valence-corrected chi connectivity index (χ2v) is 3.60. The van der Waals surface area contributed by atoms with Crippen molar-refractivity contribution in [3.05, 3.63) is 11.1 Å². The van der Waals surface area contributed by atoms with Crippen molar-refractivity contribution in [1.82, 2.24) is 4.98 Å². The van der Waals surface area contributed by atoms with Gasteiger partial charge in [0.15, 0.2) is 5.13 Å². The van der Waals surface area contributed by atoms with Crippen LogP contribution in [0.15, 0.2) is 5.38 Å². The highest BCUT2D eigenvalue weighted by Crippen LogP contribution is 2.13. The van der Waals surface area contributed by atoms with Gasteiger partial charge in [-0.2, -0.15) is 0 Å². The number of nitrogens with one attached hydrogen (secondary N) is 1. The molecule has 11 heavy (non-hydrogen) atoms. The quantitative estimate of drug-likeness (QED) is 0.664. The molecule has 0 aliphatic heterocycles. The Kier molecular flexibility index (Phi) is 3.25. The average Bonchev–Trinajstić information content (AvgIpc) is 2.35. The number of nitrogens with zero attached hydrogens (tertiary/aromatic N) is 1. The van der Waals surface area contributed by atoms with Crippen LogP contribution in [0.25, 0.3) is 0 Å². The number of alkyl halides is 1. The number of hydrogen-bond donors (Lipinski definition) is 1. The minimum atomic E-state index is -0.0000463. The molecule has 0 saturated carbocycles. The summed E-state index contributed by atoms with van der Waals surface area (Å²) in [6.45, 7) is 1.90. The van der Waals surface area contributed by atoms with Gasteiger partial charge in [-0.15, -0.1) is 11.3 Å². The van der Waals surface area contributed by atoms with Crippen molar-refractivity contribution in [2.45, 2.75) is 6.92 Å². The lowest BCUT2D eigenvalue weighted by Gasteiger charge is -1.94. The number of carbonyl (C=O) groups excluding carboxylic acids is 1. The van der Waals surface area contributed by atoms with E-state index in [1.807, 2.05) is 34.9 Å². The minimum absolute atomic E-state index is 0.0000463. The Morgan fingerprint density at radius 2 is 2.64 bits per heavy atom. The lowest BCUT2D eigenvalue weighted by molar-refractivity contribution is -0.113. The van der Waals surface area contributed by atoms with E-state index in [0.717, 1.165) is 5.69 Å². The van der Waals surface area contributed by atoms with Crippen molar-refractivity contribution >= 4 is 45.0 Å². The molecule has 1 aromatic rings. The second kappa shape index (κ2) is 4.01. The van der Waals surface area contributed by atoms with E-state index in [9.17, 15) is 4.79 Å². The fourth-order valence-electron chi connectivity index (χ4n) is 0.564. The first kappa shape index (κ1) is 8.92. The topological polar surface area (TPSA) is 42.0 Å². The number of aromatic nitrogens is 1. The summed E-state index contributed by atoms with van der Waals surface area (Å²) < 4.78 is 0.469. The maximum Gasteiger partial charge on any atom is 0.235 e. The third kappa shape index (κ3) is 2.74. The summed E-state index contributed by atoms with van der Waals surface area (Å²) in [5.74, 6) is -0.0000463. The number of anilines is 1. The molecule has 1 heterocycles.